The van der Waals surface area contributed by atoms with Crippen LogP contribution in [0.1, 0.15) is 0 Å². The zero-order chi connectivity index (χ0) is 11.8. The number of hydrogen-bond donors (Lipinski definition) is 0. The topological polar surface area (TPSA) is 18.5 Å². The van der Waals surface area contributed by atoms with Crippen molar-refractivity contribution in [3.05, 3.63) is 54.1 Å². The maximum atomic E-state index is 13.5. The van der Waals surface area contributed by atoms with Gasteiger partial charge in [-0.15, -0.1) is 0 Å². The van der Waals surface area contributed by atoms with Gasteiger partial charge < -0.3 is 9.31 Å². The molecule has 3 rings (SSSR count). The Balaban J connectivity index is 1.94. The third-order valence-corrected chi connectivity index (χ3v) is 2.53. The van der Waals surface area contributed by atoms with E-state index < -0.39 is 18.8 Å². The monoisotopic (exact) mass is 232 g/mol. The van der Waals surface area contributed by atoms with Gasteiger partial charge in [0.15, 0.2) is 0 Å². The van der Waals surface area contributed by atoms with Crippen LogP contribution >= 0.6 is 0 Å². The summed E-state index contributed by atoms with van der Waals surface area (Å²) in [5.41, 5.74) is 0.183. The summed E-state index contributed by atoms with van der Waals surface area (Å²) >= 11 is 0. The minimum absolute atomic E-state index is 0.183. The highest BCUT2D eigenvalue weighted by atomic mass is 19.1. The summed E-state index contributed by atoms with van der Waals surface area (Å²) in [7, 11) is -0.854. The maximum absolute atomic E-state index is 13.5. The van der Waals surface area contributed by atoms with E-state index in [9.17, 15) is 8.78 Å². The van der Waals surface area contributed by atoms with Gasteiger partial charge in [0.1, 0.15) is 23.1 Å². The van der Waals surface area contributed by atoms with Gasteiger partial charge in [-0.1, -0.05) is 18.2 Å². The molecule has 2 nitrogen and oxygen atoms in total. The highest BCUT2D eigenvalue weighted by Gasteiger charge is 2.36. The van der Waals surface area contributed by atoms with Crippen molar-refractivity contribution in [3.8, 4) is 11.5 Å². The SMILES string of the molecule is Fc1ccc(B2Oc3ccccc3O2)c(F)c1. The van der Waals surface area contributed by atoms with Crippen molar-refractivity contribution in [1.82, 2.24) is 0 Å². The van der Waals surface area contributed by atoms with Crippen LogP contribution in [0.25, 0.3) is 0 Å². The predicted molar refractivity (Wildman–Crippen MR) is 59.4 cm³/mol. The summed E-state index contributed by atoms with van der Waals surface area (Å²) in [5, 5.41) is 0. The van der Waals surface area contributed by atoms with Crippen molar-refractivity contribution in [3.63, 3.8) is 0 Å². The standard InChI is InChI=1S/C12H7BF2O2/c14-8-5-6-9(10(15)7-8)13-16-11-3-1-2-4-12(11)17-13/h1-7H. The van der Waals surface area contributed by atoms with E-state index in [4.69, 9.17) is 9.31 Å². The van der Waals surface area contributed by atoms with Gasteiger partial charge in [0, 0.05) is 11.5 Å². The Morgan fingerprint density at radius 2 is 1.53 bits per heavy atom. The van der Waals surface area contributed by atoms with Crippen molar-refractivity contribution in [2.75, 3.05) is 0 Å². The van der Waals surface area contributed by atoms with E-state index in [2.05, 4.69) is 0 Å². The molecule has 1 aliphatic heterocycles. The molecule has 1 aliphatic rings. The molecule has 0 saturated heterocycles. The van der Waals surface area contributed by atoms with Crippen LogP contribution in [0.3, 0.4) is 0 Å². The molecule has 1 heterocycles. The molecule has 2 aromatic carbocycles. The summed E-state index contributed by atoms with van der Waals surface area (Å²) in [6.07, 6.45) is 0. The zero-order valence-corrected chi connectivity index (χ0v) is 8.69. The lowest BCUT2D eigenvalue weighted by Crippen LogP contribution is -2.41. The van der Waals surface area contributed by atoms with E-state index in [1.54, 1.807) is 24.3 Å². The van der Waals surface area contributed by atoms with Gasteiger partial charge in [0.05, 0.1) is 0 Å². The number of halogens is 2. The Morgan fingerprint density at radius 1 is 0.882 bits per heavy atom. The highest BCUT2D eigenvalue weighted by molar-refractivity contribution is 6.63. The van der Waals surface area contributed by atoms with Gasteiger partial charge in [-0.05, 0) is 18.2 Å². The maximum Gasteiger partial charge on any atom is 0.635 e. The lowest BCUT2D eigenvalue weighted by molar-refractivity contribution is 0.512. The molecule has 0 unspecified atom stereocenters. The fraction of sp³-hybridized carbons (Fsp3) is 0. The van der Waals surface area contributed by atoms with Crippen molar-refractivity contribution >= 4 is 12.6 Å². The van der Waals surface area contributed by atoms with Crippen LogP contribution in [0, 0.1) is 11.6 Å². The average Bonchev–Trinajstić information content (AvgIpc) is 2.72. The molecule has 0 N–H and O–H groups in total. The molecule has 84 valence electrons. The Bertz CT molecular complexity index is 549. The first kappa shape index (κ1) is 10.1. The third kappa shape index (κ3) is 1.73. The van der Waals surface area contributed by atoms with Crippen molar-refractivity contribution in [2.45, 2.75) is 0 Å². The van der Waals surface area contributed by atoms with Crippen molar-refractivity contribution in [1.29, 1.82) is 0 Å². The number of rotatable bonds is 1. The molecular weight excluding hydrogens is 225 g/mol. The Hall–Kier alpha value is -2.04. The van der Waals surface area contributed by atoms with Crippen LogP contribution in [-0.4, -0.2) is 7.12 Å². The molecule has 17 heavy (non-hydrogen) atoms. The summed E-state index contributed by atoms with van der Waals surface area (Å²) < 4.78 is 37.2. The second kappa shape index (κ2) is 3.77. The van der Waals surface area contributed by atoms with E-state index in [0.29, 0.717) is 11.5 Å². The largest absolute Gasteiger partial charge is 0.635 e. The van der Waals surface area contributed by atoms with Gasteiger partial charge in [0.25, 0.3) is 0 Å². The van der Waals surface area contributed by atoms with Crippen LogP contribution in [0.5, 0.6) is 11.5 Å². The van der Waals surface area contributed by atoms with Crippen molar-refractivity contribution in [2.24, 2.45) is 0 Å². The second-order valence-electron chi connectivity index (χ2n) is 3.68. The summed E-state index contributed by atoms with van der Waals surface area (Å²) in [5.74, 6) is -0.188. The summed E-state index contributed by atoms with van der Waals surface area (Å²) in [4.78, 5) is 0. The van der Waals surface area contributed by atoms with Crippen LogP contribution in [0.15, 0.2) is 42.5 Å². The molecule has 5 heteroatoms. The molecule has 0 atom stereocenters. The van der Waals surface area contributed by atoms with Crippen LogP contribution < -0.4 is 14.8 Å². The van der Waals surface area contributed by atoms with E-state index in [0.717, 1.165) is 6.07 Å². The van der Waals surface area contributed by atoms with Crippen LogP contribution in [-0.2, 0) is 0 Å². The molecule has 0 saturated carbocycles. The number of para-hydroxylation sites is 2. The Kier molecular flexibility index (Phi) is 2.25. The quantitative estimate of drug-likeness (QED) is 0.701. The normalized spacial score (nSPS) is 12.9. The number of hydrogen-bond acceptors (Lipinski definition) is 2. The number of benzene rings is 2. The van der Waals surface area contributed by atoms with E-state index >= 15 is 0 Å². The van der Waals surface area contributed by atoms with Gasteiger partial charge in [-0.25, -0.2) is 8.78 Å². The molecule has 0 radical (unpaired) electrons. The molecule has 0 fully saturated rings. The average molecular weight is 232 g/mol. The van der Waals surface area contributed by atoms with Gasteiger partial charge in [-0.2, -0.15) is 0 Å². The van der Waals surface area contributed by atoms with Crippen LogP contribution in [0.2, 0.25) is 0 Å². The molecule has 0 bridgehead atoms. The van der Waals surface area contributed by atoms with Gasteiger partial charge in [0.2, 0.25) is 0 Å². The Morgan fingerprint density at radius 3 is 2.12 bits per heavy atom. The summed E-state index contributed by atoms with van der Waals surface area (Å²) in [6, 6.07) is 10.4. The summed E-state index contributed by atoms with van der Waals surface area (Å²) in [6.45, 7) is 0. The number of fused-ring (bicyclic) bond motifs is 1. The van der Waals surface area contributed by atoms with Crippen LogP contribution in [0.4, 0.5) is 8.78 Å². The molecule has 0 amide bonds. The van der Waals surface area contributed by atoms with Gasteiger partial charge >= 0.3 is 7.12 Å². The lowest BCUT2D eigenvalue weighted by atomic mass is 9.79. The van der Waals surface area contributed by atoms with Crippen molar-refractivity contribution < 1.29 is 18.1 Å². The first-order chi connectivity index (χ1) is 8.24. The first-order valence-corrected chi connectivity index (χ1v) is 5.11. The minimum Gasteiger partial charge on any atom is -0.519 e. The first-order valence-electron chi connectivity index (χ1n) is 5.11. The molecule has 0 aromatic heterocycles. The zero-order valence-electron chi connectivity index (χ0n) is 8.69. The second-order valence-corrected chi connectivity index (χ2v) is 3.68. The molecule has 0 spiro atoms. The fourth-order valence-electron chi connectivity index (χ4n) is 1.72. The van der Waals surface area contributed by atoms with E-state index in [1.807, 2.05) is 0 Å². The Labute approximate surface area is 96.9 Å². The molecule has 0 aliphatic carbocycles. The smallest absolute Gasteiger partial charge is 0.519 e. The van der Waals surface area contributed by atoms with Gasteiger partial charge in [-0.3, -0.25) is 0 Å². The minimum atomic E-state index is -0.854. The van der Waals surface area contributed by atoms with E-state index in [-0.39, 0.29) is 5.46 Å². The van der Waals surface area contributed by atoms with E-state index in [1.165, 1.54) is 12.1 Å². The third-order valence-electron chi connectivity index (χ3n) is 2.53. The predicted octanol–water partition coefficient (Wildman–Crippen LogP) is 2.13. The molecular formula is C12H7BF2O2. The lowest BCUT2D eigenvalue weighted by Gasteiger charge is -2.05. The molecule has 2 aromatic rings. The fourth-order valence-corrected chi connectivity index (χ4v) is 1.72. The highest BCUT2D eigenvalue weighted by Crippen LogP contribution is 2.32.